The van der Waals surface area contributed by atoms with Crippen molar-refractivity contribution in [3.05, 3.63) is 66.5 Å². The van der Waals surface area contributed by atoms with E-state index in [4.69, 9.17) is 10.5 Å². The van der Waals surface area contributed by atoms with Gasteiger partial charge in [-0.05, 0) is 17.5 Å². The number of fused-ring (bicyclic) bond motifs is 1. The third-order valence-electron chi connectivity index (χ3n) is 2.97. The highest BCUT2D eigenvalue weighted by Gasteiger charge is 2.03. The van der Waals surface area contributed by atoms with E-state index in [9.17, 15) is 0 Å². The number of ether oxygens (including phenoxy) is 1. The third-order valence-corrected chi connectivity index (χ3v) is 2.97. The molecule has 3 aromatic rings. The Bertz CT molecular complexity index is 704. The normalized spacial score (nSPS) is 10.6. The van der Waals surface area contributed by atoms with Crippen LogP contribution in [-0.4, -0.2) is 4.98 Å². The van der Waals surface area contributed by atoms with Gasteiger partial charge in [-0.25, -0.2) is 0 Å². The van der Waals surface area contributed by atoms with Gasteiger partial charge in [0.05, 0.1) is 5.69 Å². The highest BCUT2D eigenvalue weighted by molar-refractivity contribution is 5.88. The van der Waals surface area contributed by atoms with Gasteiger partial charge in [0, 0.05) is 24.2 Å². The van der Waals surface area contributed by atoms with Gasteiger partial charge in [0.1, 0.15) is 11.5 Å². The van der Waals surface area contributed by atoms with E-state index < -0.39 is 0 Å². The summed E-state index contributed by atoms with van der Waals surface area (Å²) in [6, 6.07) is 17.9. The SMILES string of the molecule is NCc1cc(Oc2cccc3ccccc23)ccn1. The summed E-state index contributed by atoms with van der Waals surface area (Å²) in [6.07, 6.45) is 1.71. The predicted molar refractivity (Wildman–Crippen MR) is 76.2 cm³/mol. The molecule has 0 unspecified atom stereocenters. The van der Waals surface area contributed by atoms with Crippen LogP contribution in [0.2, 0.25) is 0 Å². The Balaban J connectivity index is 2.01. The fourth-order valence-corrected chi connectivity index (χ4v) is 2.04. The summed E-state index contributed by atoms with van der Waals surface area (Å²) in [5, 5.41) is 2.25. The van der Waals surface area contributed by atoms with Gasteiger partial charge in [-0.15, -0.1) is 0 Å². The molecule has 19 heavy (non-hydrogen) atoms. The quantitative estimate of drug-likeness (QED) is 0.774. The Labute approximate surface area is 111 Å². The molecule has 0 saturated carbocycles. The second-order valence-corrected chi connectivity index (χ2v) is 4.27. The van der Waals surface area contributed by atoms with E-state index in [-0.39, 0.29) is 0 Å². The molecule has 0 atom stereocenters. The minimum Gasteiger partial charge on any atom is -0.457 e. The standard InChI is InChI=1S/C16H14N2O/c17-11-13-10-14(8-9-18-13)19-16-7-3-5-12-4-1-2-6-15(12)16/h1-10H,11,17H2. The van der Waals surface area contributed by atoms with Crippen molar-refractivity contribution in [1.29, 1.82) is 0 Å². The molecule has 0 bridgehead atoms. The lowest BCUT2D eigenvalue weighted by molar-refractivity contribution is 0.486. The van der Waals surface area contributed by atoms with Gasteiger partial charge in [-0.1, -0.05) is 36.4 Å². The van der Waals surface area contributed by atoms with Crippen molar-refractivity contribution >= 4 is 10.8 Å². The molecule has 2 N–H and O–H groups in total. The molecule has 0 aliphatic carbocycles. The molecular weight excluding hydrogens is 236 g/mol. The first-order valence-corrected chi connectivity index (χ1v) is 6.17. The fourth-order valence-electron chi connectivity index (χ4n) is 2.04. The van der Waals surface area contributed by atoms with Crippen LogP contribution in [0.15, 0.2) is 60.8 Å². The van der Waals surface area contributed by atoms with E-state index in [2.05, 4.69) is 23.2 Å². The molecule has 0 spiro atoms. The minimum atomic E-state index is 0.409. The smallest absolute Gasteiger partial charge is 0.135 e. The summed E-state index contributed by atoms with van der Waals surface area (Å²) in [7, 11) is 0. The second-order valence-electron chi connectivity index (χ2n) is 4.27. The van der Waals surface area contributed by atoms with Crippen LogP contribution < -0.4 is 10.5 Å². The van der Waals surface area contributed by atoms with Gasteiger partial charge in [0.25, 0.3) is 0 Å². The maximum Gasteiger partial charge on any atom is 0.135 e. The number of pyridine rings is 1. The highest BCUT2D eigenvalue weighted by atomic mass is 16.5. The average molecular weight is 250 g/mol. The van der Waals surface area contributed by atoms with Crippen molar-refractivity contribution in [2.45, 2.75) is 6.54 Å². The zero-order valence-corrected chi connectivity index (χ0v) is 10.4. The summed E-state index contributed by atoms with van der Waals surface area (Å²) >= 11 is 0. The second kappa shape index (κ2) is 5.08. The summed E-state index contributed by atoms with van der Waals surface area (Å²) in [6.45, 7) is 0.409. The van der Waals surface area contributed by atoms with Crippen molar-refractivity contribution < 1.29 is 4.74 Å². The molecule has 0 radical (unpaired) electrons. The highest BCUT2D eigenvalue weighted by Crippen LogP contribution is 2.29. The van der Waals surface area contributed by atoms with Gasteiger partial charge < -0.3 is 10.5 Å². The van der Waals surface area contributed by atoms with Crippen LogP contribution in [0.25, 0.3) is 10.8 Å². The van der Waals surface area contributed by atoms with Crippen LogP contribution in [0, 0.1) is 0 Å². The zero-order chi connectivity index (χ0) is 13.1. The first-order valence-electron chi connectivity index (χ1n) is 6.17. The summed E-state index contributed by atoms with van der Waals surface area (Å²) in [5.41, 5.74) is 6.40. The van der Waals surface area contributed by atoms with Gasteiger partial charge in [-0.2, -0.15) is 0 Å². The number of benzene rings is 2. The molecule has 0 amide bonds. The largest absolute Gasteiger partial charge is 0.457 e. The summed E-state index contributed by atoms with van der Waals surface area (Å²) < 4.78 is 5.94. The molecule has 2 aromatic carbocycles. The lowest BCUT2D eigenvalue weighted by atomic mass is 10.1. The number of nitrogens with two attached hydrogens (primary N) is 1. The lowest BCUT2D eigenvalue weighted by Crippen LogP contribution is -1.99. The maximum absolute atomic E-state index is 5.94. The molecule has 3 heteroatoms. The molecule has 3 nitrogen and oxygen atoms in total. The molecule has 94 valence electrons. The van der Waals surface area contributed by atoms with Crippen LogP contribution in [0.4, 0.5) is 0 Å². The Morgan fingerprint density at radius 3 is 2.74 bits per heavy atom. The van der Waals surface area contributed by atoms with Gasteiger partial charge >= 0.3 is 0 Å². The Hall–Kier alpha value is -2.39. The first-order chi connectivity index (χ1) is 9.36. The fraction of sp³-hybridized carbons (Fsp3) is 0.0625. The molecule has 0 saturated heterocycles. The number of aromatic nitrogens is 1. The molecular formula is C16H14N2O. The number of hydrogen-bond donors (Lipinski definition) is 1. The van der Waals surface area contributed by atoms with Crippen molar-refractivity contribution in [3.8, 4) is 11.5 Å². The number of rotatable bonds is 3. The van der Waals surface area contributed by atoms with Gasteiger partial charge in [0.2, 0.25) is 0 Å². The predicted octanol–water partition coefficient (Wildman–Crippen LogP) is 3.49. The van der Waals surface area contributed by atoms with Gasteiger partial charge in [-0.3, -0.25) is 4.98 Å². The van der Waals surface area contributed by atoms with Crippen LogP contribution in [0.5, 0.6) is 11.5 Å². The molecule has 1 heterocycles. The monoisotopic (exact) mass is 250 g/mol. The summed E-state index contributed by atoms with van der Waals surface area (Å²) in [5.74, 6) is 1.60. The third kappa shape index (κ3) is 2.41. The van der Waals surface area contributed by atoms with E-state index in [1.54, 1.807) is 6.20 Å². The summed E-state index contributed by atoms with van der Waals surface area (Å²) in [4.78, 5) is 4.16. The van der Waals surface area contributed by atoms with E-state index in [1.807, 2.05) is 36.4 Å². The number of hydrogen-bond acceptors (Lipinski definition) is 3. The maximum atomic E-state index is 5.94. The van der Waals surface area contributed by atoms with E-state index in [1.165, 1.54) is 0 Å². The molecule has 0 fully saturated rings. The van der Waals surface area contributed by atoms with Crippen LogP contribution in [0.1, 0.15) is 5.69 Å². The average Bonchev–Trinajstić information content (AvgIpc) is 2.48. The van der Waals surface area contributed by atoms with Crippen LogP contribution in [0.3, 0.4) is 0 Å². The Morgan fingerprint density at radius 2 is 1.84 bits per heavy atom. The van der Waals surface area contributed by atoms with Crippen molar-refractivity contribution in [3.63, 3.8) is 0 Å². The zero-order valence-electron chi connectivity index (χ0n) is 10.4. The topological polar surface area (TPSA) is 48.1 Å². The molecule has 0 aliphatic rings. The van der Waals surface area contributed by atoms with Crippen LogP contribution in [-0.2, 0) is 6.54 Å². The van der Waals surface area contributed by atoms with Crippen molar-refractivity contribution in [2.75, 3.05) is 0 Å². The van der Waals surface area contributed by atoms with Gasteiger partial charge in [0.15, 0.2) is 0 Å². The molecule has 0 aliphatic heterocycles. The van der Waals surface area contributed by atoms with E-state index in [0.29, 0.717) is 6.54 Å². The van der Waals surface area contributed by atoms with Crippen molar-refractivity contribution in [2.24, 2.45) is 5.73 Å². The Kier molecular flexibility index (Phi) is 3.12. The van der Waals surface area contributed by atoms with Crippen molar-refractivity contribution in [1.82, 2.24) is 4.98 Å². The van der Waals surface area contributed by atoms with Crippen LogP contribution >= 0.6 is 0 Å². The van der Waals surface area contributed by atoms with E-state index >= 15 is 0 Å². The molecule has 3 rings (SSSR count). The minimum absolute atomic E-state index is 0.409. The number of nitrogens with zero attached hydrogens (tertiary/aromatic N) is 1. The first kappa shape index (κ1) is 11.7. The Morgan fingerprint density at radius 1 is 1.00 bits per heavy atom. The lowest BCUT2D eigenvalue weighted by Gasteiger charge is -2.09. The molecule has 1 aromatic heterocycles. The van der Waals surface area contributed by atoms with E-state index in [0.717, 1.165) is 28.0 Å².